The van der Waals surface area contributed by atoms with Crippen LogP contribution in [0, 0.1) is 11.3 Å². The first-order chi connectivity index (χ1) is 11.0. The first-order valence-electron chi connectivity index (χ1n) is 6.80. The molecule has 0 saturated heterocycles. The standard InChI is InChI=1S/C16H16N2O5/c1-9(19)13-14(18(7-6-17)16(21)15(13)20)11-8-10(22-2)4-5-12(11)23-3/h4-5,8,14,20H,7H2,1-3H3/t14-/m1/s1. The molecule has 7 heteroatoms. The predicted molar refractivity (Wildman–Crippen MR) is 79.9 cm³/mol. The van der Waals surface area contributed by atoms with Gasteiger partial charge in [0.25, 0.3) is 5.91 Å². The third-order valence-corrected chi connectivity index (χ3v) is 3.66. The summed E-state index contributed by atoms with van der Waals surface area (Å²) in [4.78, 5) is 25.3. The molecule has 0 saturated carbocycles. The number of aliphatic hydroxyl groups is 1. The predicted octanol–water partition coefficient (Wildman–Crippen LogP) is 1.51. The van der Waals surface area contributed by atoms with Gasteiger partial charge in [-0.2, -0.15) is 5.26 Å². The van der Waals surface area contributed by atoms with Gasteiger partial charge in [-0.3, -0.25) is 9.59 Å². The number of ketones is 1. The Balaban J connectivity index is 2.68. The lowest BCUT2D eigenvalue weighted by atomic mass is 9.95. The zero-order valence-corrected chi connectivity index (χ0v) is 13.0. The molecule has 0 spiro atoms. The average Bonchev–Trinajstić information content (AvgIpc) is 2.79. The lowest BCUT2D eigenvalue weighted by Gasteiger charge is -2.25. The SMILES string of the molecule is COc1ccc(OC)c([C@@H]2C(C(C)=O)=C(O)C(=O)N2CC#N)c1. The molecule has 1 amide bonds. The summed E-state index contributed by atoms with van der Waals surface area (Å²) in [7, 11) is 2.94. The highest BCUT2D eigenvalue weighted by atomic mass is 16.5. The van der Waals surface area contributed by atoms with Crippen molar-refractivity contribution in [3.8, 4) is 17.6 Å². The highest BCUT2D eigenvalue weighted by Crippen LogP contribution is 2.42. The Morgan fingerprint density at radius 1 is 1.39 bits per heavy atom. The normalized spacial score (nSPS) is 17.2. The number of benzene rings is 1. The molecule has 1 heterocycles. The number of ether oxygens (including phenoxy) is 2. The maximum atomic E-state index is 12.2. The molecular formula is C16H16N2O5. The highest BCUT2D eigenvalue weighted by Gasteiger charge is 2.43. The van der Waals surface area contributed by atoms with Crippen LogP contribution in [-0.4, -0.2) is 42.5 Å². The van der Waals surface area contributed by atoms with Crippen molar-refractivity contribution in [1.29, 1.82) is 5.26 Å². The number of hydrogen-bond donors (Lipinski definition) is 1. The van der Waals surface area contributed by atoms with Crippen molar-refractivity contribution in [3.05, 3.63) is 35.1 Å². The summed E-state index contributed by atoms with van der Waals surface area (Å²) in [6.07, 6.45) is 0. The molecular weight excluding hydrogens is 300 g/mol. The number of amides is 1. The van der Waals surface area contributed by atoms with Crippen molar-refractivity contribution >= 4 is 11.7 Å². The fourth-order valence-electron chi connectivity index (χ4n) is 2.63. The number of rotatable bonds is 5. The van der Waals surface area contributed by atoms with Gasteiger partial charge in [-0.05, 0) is 25.1 Å². The van der Waals surface area contributed by atoms with E-state index in [9.17, 15) is 14.7 Å². The minimum Gasteiger partial charge on any atom is -0.503 e. The quantitative estimate of drug-likeness (QED) is 0.827. The van der Waals surface area contributed by atoms with Crippen molar-refractivity contribution < 1.29 is 24.2 Å². The van der Waals surface area contributed by atoms with E-state index in [4.69, 9.17) is 14.7 Å². The second kappa shape index (κ2) is 6.40. The van der Waals surface area contributed by atoms with Gasteiger partial charge in [0, 0.05) is 5.56 Å². The lowest BCUT2D eigenvalue weighted by Crippen LogP contribution is -2.31. The zero-order chi connectivity index (χ0) is 17.1. The molecule has 0 bridgehead atoms. The van der Waals surface area contributed by atoms with E-state index in [-0.39, 0.29) is 12.1 Å². The van der Waals surface area contributed by atoms with Crippen LogP contribution >= 0.6 is 0 Å². The summed E-state index contributed by atoms with van der Waals surface area (Å²) in [5, 5.41) is 19.0. The van der Waals surface area contributed by atoms with Crippen LogP contribution < -0.4 is 9.47 Å². The molecule has 1 aromatic carbocycles. The van der Waals surface area contributed by atoms with E-state index in [1.807, 2.05) is 6.07 Å². The second-order valence-corrected chi connectivity index (χ2v) is 4.92. The van der Waals surface area contributed by atoms with Crippen LogP contribution in [0.3, 0.4) is 0 Å². The van der Waals surface area contributed by atoms with E-state index >= 15 is 0 Å². The lowest BCUT2D eigenvalue weighted by molar-refractivity contribution is -0.128. The van der Waals surface area contributed by atoms with Gasteiger partial charge in [0.15, 0.2) is 11.5 Å². The first-order valence-corrected chi connectivity index (χ1v) is 6.80. The zero-order valence-electron chi connectivity index (χ0n) is 13.0. The fourth-order valence-corrected chi connectivity index (χ4v) is 2.63. The number of carbonyl (C=O) groups excluding carboxylic acids is 2. The van der Waals surface area contributed by atoms with Gasteiger partial charge in [0.05, 0.1) is 31.9 Å². The molecule has 1 N–H and O–H groups in total. The van der Waals surface area contributed by atoms with Gasteiger partial charge in [-0.1, -0.05) is 0 Å². The number of aliphatic hydroxyl groups excluding tert-OH is 1. The summed E-state index contributed by atoms with van der Waals surface area (Å²) < 4.78 is 10.5. The number of nitriles is 1. The third kappa shape index (κ3) is 2.71. The first kappa shape index (κ1) is 16.4. The van der Waals surface area contributed by atoms with Crippen LogP contribution in [0.2, 0.25) is 0 Å². The molecule has 0 aliphatic carbocycles. The minimum absolute atomic E-state index is 0.0585. The maximum Gasteiger partial charge on any atom is 0.290 e. The molecule has 0 fully saturated rings. The van der Waals surface area contributed by atoms with Crippen molar-refractivity contribution in [1.82, 2.24) is 4.90 Å². The third-order valence-electron chi connectivity index (χ3n) is 3.66. The smallest absolute Gasteiger partial charge is 0.290 e. The van der Waals surface area contributed by atoms with Gasteiger partial charge < -0.3 is 19.5 Å². The Hall–Kier alpha value is -3.01. The highest BCUT2D eigenvalue weighted by molar-refractivity contribution is 6.08. The summed E-state index contributed by atoms with van der Waals surface area (Å²) in [5.41, 5.74) is 0.404. The van der Waals surface area contributed by atoms with Crippen LogP contribution in [-0.2, 0) is 9.59 Å². The Morgan fingerprint density at radius 3 is 2.61 bits per heavy atom. The Labute approximate surface area is 133 Å². The summed E-state index contributed by atoms with van der Waals surface area (Å²) in [5.74, 6) is -0.931. The van der Waals surface area contributed by atoms with Gasteiger partial charge in [0.1, 0.15) is 18.0 Å². The molecule has 1 aliphatic rings. The summed E-state index contributed by atoms with van der Waals surface area (Å²) in [6, 6.07) is 5.89. The molecule has 1 aromatic rings. The molecule has 7 nitrogen and oxygen atoms in total. The monoisotopic (exact) mass is 316 g/mol. The topological polar surface area (TPSA) is 99.9 Å². The van der Waals surface area contributed by atoms with Gasteiger partial charge in [-0.25, -0.2) is 0 Å². The summed E-state index contributed by atoms with van der Waals surface area (Å²) >= 11 is 0. The summed E-state index contributed by atoms with van der Waals surface area (Å²) in [6.45, 7) is 0.985. The molecule has 1 aliphatic heterocycles. The van der Waals surface area contributed by atoms with Crippen LogP contribution in [0.1, 0.15) is 18.5 Å². The van der Waals surface area contributed by atoms with Crippen molar-refractivity contribution in [3.63, 3.8) is 0 Å². The van der Waals surface area contributed by atoms with Crippen molar-refractivity contribution in [2.45, 2.75) is 13.0 Å². The fraction of sp³-hybridized carbons (Fsp3) is 0.312. The van der Waals surface area contributed by atoms with Gasteiger partial charge >= 0.3 is 0 Å². The maximum absolute atomic E-state index is 12.2. The number of nitrogens with zero attached hydrogens (tertiary/aromatic N) is 2. The van der Waals surface area contributed by atoms with Crippen LogP contribution in [0.4, 0.5) is 0 Å². The Bertz CT molecular complexity index is 732. The van der Waals surface area contributed by atoms with E-state index in [2.05, 4.69) is 0 Å². The number of Topliss-reactive ketones (excluding diaryl/α,β-unsaturated/α-hetero) is 1. The molecule has 1 atom stereocenters. The average molecular weight is 316 g/mol. The second-order valence-electron chi connectivity index (χ2n) is 4.92. The number of methoxy groups -OCH3 is 2. The van der Waals surface area contributed by atoms with E-state index in [1.165, 1.54) is 21.1 Å². The number of carbonyl (C=O) groups is 2. The molecule has 0 unspecified atom stereocenters. The molecule has 0 radical (unpaired) electrons. The van der Waals surface area contributed by atoms with Crippen LogP contribution in [0.25, 0.3) is 0 Å². The van der Waals surface area contributed by atoms with Crippen LogP contribution in [0.15, 0.2) is 29.5 Å². The molecule has 23 heavy (non-hydrogen) atoms. The van der Waals surface area contributed by atoms with E-state index in [1.54, 1.807) is 18.2 Å². The van der Waals surface area contributed by atoms with E-state index in [0.717, 1.165) is 4.90 Å². The minimum atomic E-state index is -0.898. The molecule has 120 valence electrons. The van der Waals surface area contributed by atoms with Crippen molar-refractivity contribution in [2.24, 2.45) is 0 Å². The van der Waals surface area contributed by atoms with Gasteiger partial charge in [-0.15, -0.1) is 0 Å². The Morgan fingerprint density at radius 2 is 2.09 bits per heavy atom. The largest absolute Gasteiger partial charge is 0.503 e. The van der Waals surface area contributed by atoms with E-state index in [0.29, 0.717) is 17.1 Å². The van der Waals surface area contributed by atoms with Gasteiger partial charge in [0.2, 0.25) is 0 Å². The Kier molecular flexibility index (Phi) is 4.55. The van der Waals surface area contributed by atoms with Crippen LogP contribution in [0.5, 0.6) is 11.5 Å². The molecule has 0 aromatic heterocycles. The number of hydrogen-bond acceptors (Lipinski definition) is 6. The molecule has 2 rings (SSSR count). The van der Waals surface area contributed by atoms with E-state index < -0.39 is 23.5 Å². The van der Waals surface area contributed by atoms with Crippen molar-refractivity contribution in [2.75, 3.05) is 20.8 Å².